The van der Waals surface area contributed by atoms with Crippen LogP contribution in [0.4, 0.5) is 17.2 Å². The van der Waals surface area contributed by atoms with Gasteiger partial charge < -0.3 is 15.5 Å². The van der Waals surface area contributed by atoms with Crippen molar-refractivity contribution in [1.82, 2.24) is 15.0 Å². The van der Waals surface area contributed by atoms with Gasteiger partial charge in [-0.15, -0.1) is 0 Å². The monoisotopic (exact) mass is 401 g/mol. The van der Waals surface area contributed by atoms with Gasteiger partial charge in [-0.1, -0.05) is 6.07 Å². The summed E-state index contributed by atoms with van der Waals surface area (Å²) in [6.45, 7) is 2.05. The molecule has 30 heavy (non-hydrogen) atoms. The Morgan fingerprint density at radius 3 is 2.50 bits per heavy atom. The highest BCUT2D eigenvalue weighted by atomic mass is 16.1. The van der Waals surface area contributed by atoms with Gasteiger partial charge in [0.05, 0.1) is 5.56 Å². The van der Waals surface area contributed by atoms with Crippen LogP contribution in [-0.2, 0) is 0 Å². The molecule has 0 aliphatic carbocycles. The maximum atomic E-state index is 12.6. The van der Waals surface area contributed by atoms with Crippen LogP contribution in [0, 0.1) is 0 Å². The number of nitrogens with one attached hydrogen (secondary N) is 2. The van der Waals surface area contributed by atoms with Crippen molar-refractivity contribution < 1.29 is 4.79 Å². The molecule has 0 atom stereocenters. The van der Waals surface area contributed by atoms with Crippen LogP contribution in [0.3, 0.4) is 0 Å². The summed E-state index contributed by atoms with van der Waals surface area (Å²) in [6, 6.07) is 12.9. The Balaban J connectivity index is 1.43. The Kier molecular flexibility index (Phi) is 5.93. The lowest BCUT2D eigenvalue weighted by molar-refractivity contribution is 0.102. The van der Waals surface area contributed by atoms with Crippen molar-refractivity contribution in [2.75, 3.05) is 35.7 Å². The van der Waals surface area contributed by atoms with Gasteiger partial charge in [0.2, 0.25) is 0 Å². The van der Waals surface area contributed by atoms with Crippen molar-refractivity contribution in [1.29, 1.82) is 0 Å². The SMILES string of the molecule is CN=C(Nc1cccc(NC(=O)c2ccc(N3CCCC3)nc2)c1)c1ccncn1. The molecule has 3 aromatic rings. The molecule has 0 bridgehead atoms. The van der Waals surface area contributed by atoms with Gasteiger partial charge in [-0.25, -0.2) is 15.0 Å². The molecule has 1 fully saturated rings. The maximum Gasteiger partial charge on any atom is 0.257 e. The van der Waals surface area contributed by atoms with Gasteiger partial charge >= 0.3 is 0 Å². The van der Waals surface area contributed by atoms with Crippen molar-refractivity contribution in [3.63, 3.8) is 0 Å². The zero-order valence-electron chi connectivity index (χ0n) is 16.7. The maximum absolute atomic E-state index is 12.6. The van der Waals surface area contributed by atoms with Crippen LogP contribution in [0.15, 0.2) is 66.2 Å². The molecule has 1 aliphatic rings. The van der Waals surface area contributed by atoms with Crippen molar-refractivity contribution in [3.05, 3.63) is 72.4 Å². The minimum Gasteiger partial charge on any atom is -0.357 e. The number of pyridine rings is 1. The molecule has 2 N–H and O–H groups in total. The summed E-state index contributed by atoms with van der Waals surface area (Å²) in [6.07, 6.45) is 7.14. The van der Waals surface area contributed by atoms with Gasteiger partial charge in [-0.05, 0) is 49.2 Å². The van der Waals surface area contributed by atoms with E-state index < -0.39 is 0 Å². The van der Waals surface area contributed by atoms with Gasteiger partial charge in [0.25, 0.3) is 5.91 Å². The number of anilines is 3. The fraction of sp³-hybridized carbons (Fsp3) is 0.227. The summed E-state index contributed by atoms with van der Waals surface area (Å²) in [7, 11) is 1.69. The van der Waals surface area contributed by atoms with Crippen LogP contribution in [0.2, 0.25) is 0 Å². The van der Waals surface area contributed by atoms with E-state index in [-0.39, 0.29) is 5.91 Å². The molecule has 2 aromatic heterocycles. The van der Waals surface area contributed by atoms with Crippen LogP contribution >= 0.6 is 0 Å². The Hall–Kier alpha value is -3.81. The highest BCUT2D eigenvalue weighted by Gasteiger charge is 2.14. The van der Waals surface area contributed by atoms with E-state index in [1.165, 1.54) is 19.2 Å². The number of nitrogens with zero attached hydrogens (tertiary/aromatic N) is 5. The number of carbonyl (C=O) groups is 1. The second-order valence-corrected chi connectivity index (χ2v) is 6.93. The van der Waals surface area contributed by atoms with Gasteiger partial charge in [0.15, 0.2) is 5.84 Å². The zero-order chi connectivity index (χ0) is 20.8. The zero-order valence-corrected chi connectivity index (χ0v) is 16.7. The number of amides is 1. The van der Waals surface area contributed by atoms with Crippen molar-refractivity contribution in [2.45, 2.75) is 12.8 Å². The summed E-state index contributed by atoms with van der Waals surface area (Å²) in [4.78, 5) is 31.7. The number of carbonyl (C=O) groups excluding carboxylic acids is 1. The molecular weight excluding hydrogens is 378 g/mol. The molecule has 3 heterocycles. The first-order valence-electron chi connectivity index (χ1n) is 9.85. The average molecular weight is 401 g/mol. The number of amidine groups is 1. The van der Waals surface area contributed by atoms with Gasteiger partial charge in [-0.3, -0.25) is 9.79 Å². The molecule has 8 nitrogen and oxygen atoms in total. The molecule has 0 radical (unpaired) electrons. The highest BCUT2D eigenvalue weighted by molar-refractivity contribution is 6.08. The third-order valence-corrected chi connectivity index (χ3v) is 4.87. The summed E-state index contributed by atoms with van der Waals surface area (Å²) < 4.78 is 0. The molecule has 152 valence electrons. The normalized spacial score (nSPS) is 13.9. The molecular formula is C22H23N7O. The summed E-state index contributed by atoms with van der Waals surface area (Å²) in [5.41, 5.74) is 2.67. The molecule has 1 aliphatic heterocycles. The number of hydrogen-bond acceptors (Lipinski definition) is 6. The van der Waals surface area contributed by atoms with Crippen molar-refractivity contribution >= 4 is 28.9 Å². The van der Waals surface area contributed by atoms with E-state index in [0.717, 1.165) is 24.6 Å². The topological polar surface area (TPSA) is 95.4 Å². The van der Waals surface area contributed by atoms with Crippen molar-refractivity contribution in [3.8, 4) is 0 Å². The summed E-state index contributed by atoms with van der Waals surface area (Å²) >= 11 is 0. The predicted molar refractivity (Wildman–Crippen MR) is 118 cm³/mol. The molecule has 0 saturated carbocycles. The molecule has 1 saturated heterocycles. The van der Waals surface area contributed by atoms with E-state index in [2.05, 4.69) is 35.5 Å². The number of rotatable bonds is 5. The Labute approximate surface area is 175 Å². The van der Waals surface area contributed by atoms with Crippen LogP contribution in [0.5, 0.6) is 0 Å². The first-order valence-corrected chi connectivity index (χ1v) is 9.85. The summed E-state index contributed by atoms with van der Waals surface area (Å²) in [5.74, 6) is 1.33. The second kappa shape index (κ2) is 9.13. The Bertz CT molecular complexity index is 1030. The standard InChI is InChI=1S/C22H23N7O/c1-23-21(19-9-10-24-15-26-19)27-17-5-4-6-18(13-17)28-22(30)16-7-8-20(25-14-16)29-11-2-3-12-29/h4-10,13-15H,2-3,11-12H2,1H3,(H,23,27)(H,28,30). The number of hydrogen-bond donors (Lipinski definition) is 2. The lowest BCUT2D eigenvalue weighted by Crippen LogP contribution is -2.19. The molecule has 1 aromatic carbocycles. The van der Waals surface area contributed by atoms with E-state index in [0.29, 0.717) is 22.8 Å². The van der Waals surface area contributed by atoms with Crippen LogP contribution in [0.25, 0.3) is 0 Å². The number of aliphatic imine (C=N–C) groups is 1. The Morgan fingerprint density at radius 2 is 1.83 bits per heavy atom. The molecule has 0 unspecified atom stereocenters. The van der Waals surface area contributed by atoms with E-state index in [4.69, 9.17) is 0 Å². The fourth-order valence-electron chi connectivity index (χ4n) is 3.33. The largest absolute Gasteiger partial charge is 0.357 e. The number of benzene rings is 1. The molecule has 4 rings (SSSR count). The quantitative estimate of drug-likeness (QED) is 0.503. The summed E-state index contributed by atoms with van der Waals surface area (Å²) in [5, 5.41) is 6.15. The van der Waals surface area contributed by atoms with Crippen LogP contribution < -0.4 is 15.5 Å². The third-order valence-electron chi connectivity index (χ3n) is 4.87. The first-order chi connectivity index (χ1) is 14.7. The van der Waals surface area contributed by atoms with Crippen LogP contribution in [-0.4, -0.2) is 46.8 Å². The second-order valence-electron chi connectivity index (χ2n) is 6.93. The minimum absolute atomic E-state index is 0.201. The van der Waals surface area contributed by atoms with Gasteiger partial charge in [-0.2, -0.15) is 0 Å². The van der Waals surface area contributed by atoms with Gasteiger partial charge in [0.1, 0.15) is 17.8 Å². The van der Waals surface area contributed by atoms with E-state index in [9.17, 15) is 4.79 Å². The van der Waals surface area contributed by atoms with E-state index in [1.807, 2.05) is 36.4 Å². The van der Waals surface area contributed by atoms with Crippen molar-refractivity contribution in [2.24, 2.45) is 4.99 Å². The first kappa shape index (κ1) is 19.5. The Morgan fingerprint density at radius 1 is 1.03 bits per heavy atom. The van der Waals surface area contributed by atoms with E-state index in [1.54, 1.807) is 25.5 Å². The minimum atomic E-state index is -0.201. The predicted octanol–water partition coefficient (Wildman–Crippen LogP) is 3.21. The lowest BCUT2D eigenvalue weighted by atomic mass is 10.2. The van der Waals surface area contributed by atoms with E-state index >= 15 is 0 Å². The molecule has 0 spiro atoms. The fourth-order valence-corrected chi connectivity index (χ4v) is 3.33. The smallest absolute Gasteiger partial charge is 0.257 e. The van der Waals surface area contributed by atoms with Gasteiger partial charge in [0, 0.05) is 43.9 Å². The highest BCUT2D eigenvalue weighted by Crippen LogP contribution is 2.19. The third kappa shape index (κ3) is 4.60. The molecule has 1 amide bonds. The lowest BCUT2D eigenvalue weighted by Gasteiger charge is -2.16. The molecule has 8 heteroatoms. The number of aromatic nitrogens is 3. The van der Waals surface area contributed by atoms with Crippen LogP contribution in [0.1, 0.15) is 28.9 Å². The average Bonchev–Trinajstić information content (AvgIpc) is 3.33.